The molecule has 0 bridgehead atoms. The highest BCUT2D eigenvalue weighted by atomic mass is 16.5. The van der Waals surface area contributed by atoms with Gasteiger partial charge in [0.1, 0.15) is 0 Å². The molecule has 1 atom stereocenters. The molecule has 0 heterocycles. The van der Waals surface area contributed by atoms with Crippen LogP contribution in [0.5, 0.6) is 0 Å². The Balaban J connectivity index is 2.33. The third kappa shape index (κ3) is 3.07. The Morgan fingerprint density at radius 1 is 1.30 bits per heavy atom. The van der Waals surface area contributed by atoms with Gasteiger partial charge in [-0.05, 0) is 63.6 Å². The van der Waals surface area contributed by atoms with Gasteiger partial charge in [0.15, 0.2) is 0 Å². The molecule has 2 rings (SSSR count). The van der Waals surface area contributed by atoms with Crippen LogP contribution in [0.25, 0.3) is 0 Å². The summed E-state index contributed by atoms with van der Waals surface area (Å²) >= 11 is 0. The van der Waals surface area contributed by atoms with Gasteiger partial charge in [-0.3, -0.25) is 0 Å². The lowest BCUT2D eigenvalue weighted by Gasteiger charge is -2.45. The van der Waals surface area contributed by atoms with E-state index in [1.54, 1.807) is 0 Å². The van der Waals surface area contributed by atoms with Gasteiger partial charge < -0.3 is 10.1 Å². The van der Waals surface area contributed by atoms with Crippen molar-refractivity contribution < 1.29 is 4.74 Å². The maximum atomic E-state index is 6.32. The minimum Gasteiger partial charge on any atom is -0.373 e. The Labute approximate surface area is 123 Å². The molecule has 0 aromatic heterocycles. The van der Waals surface area contributed by atoms with Crippen LogP contribution < -0.4 is 5.32 Å². The molecule has 1 aromatic carbocycles. The van der Waals surface area contributed by atoms with Crippen LogP contribution in [0.1, 0.15) is 56.7 Å². The number of rotatable bonds is 5. The van der Waals surface area contributed by atoms with Crippen molar-refractivity contribution in [3.05, 3.63) is 35.4 Å². The van der Waals surface area contributed by atoms with Crippen LogP contribution in [0.3, 0.4) is 0 Å². The summed E-state index contributed by atoms with van der Waals surface area (Å²) in [5.41, 5.74) is 2.70. The SMILES string of the molecule is CCOC1(C(NC)c2ccccc2C)CCC(C)CC1. The number of aryl methyl sites for hydroxylation is 1. The Kier molecular flexibility index (Phi) is 5.22. The second kappa shape index (κ2) is 6.73. The van der Waals surface area contributed by atoms with Crippen LogP contribution in [-0.2, 0) is 4.74 Å². The zero-order valence-electron chi connectivity index (χ0n) is 13.4. The van der Waals surface area contributed by atoms with Gasteiger partial charge in [0.25, 0.3) is 0 Å². The molecule has 2 nitrogen and oxygen atoms in total. The number of ether oxygens (including phenoxy) is 1. The summed E-state index contributed by atoms with van der Waals surface area (Å²) in [5, 5.41) is 3.54. The van der Waals surface area contributed by atoms with Gasteiger partial charge in [0, 0.05) is 6.61 Å². The fraction of sp³-hybridized carbons (Fsp3) is 0.667. The third-order valence-corrected chi connectivity index (χ3v) is 4.87. The summed E-state index contributed by atoms with van der Waals surface area (Å²) in [4.78, 5) is 0. The lowest BCUT2D eigenvalue weighted by Crippen LogP contribution is -2.47. The van der Waals surface area contributed by atoms with Crippen LogP contribution in [0, 0.1) is 12.8 Å². The van der Waals surface area contributed by atoms with E-state index >= 15 is 0 Å². The summed E-state index contributed by atoms with van der Waals surface area (Å²) < 4.78 is 6.32. The quantitative estimate of drug-likeness (QED) is 0.868. The van der Waals surface area contributed by atoms with E-state index in [1.807, 2.05) is 0 Å². The maximum absolute atomic E-state index is 6.32. The number of hydrogen-bond acceptors (Lipinski definition) is 2. The van der Waals surface area contributed by atoms with Crippen molar-refractivity contribution >= 4 is 0 Å². The van der Waals surface area contributed by atoms with Crippen LogP contribution >= 0.6 is 0 Å². The van der Waals surface area contributed by atoms with Crippen LogP contribution in [0.15, 0.2) is 24.3 Å². The smallest absolute Gasteiger partial charge is 0.0876 e. The summed E-state index contributed by atoms with van der Waals surface area (Å²) in [6.07, 6.45) is 4.85. The van der Waals surface area contributed by atoms with E-state index in [9.17, 15) is 0 Å². The summed E-state index contributed by atoms with van der Waals surface area (Å²) in [6, 6.07) is 8.98. The Hall–Kier alpha value is -0.860. The Morgan fingerprint density at radius 3 is 2.50 bits per heavy atom. The van der Waals surface area contributed by atoms with Crippen molar-refractivity contribution in [2.24, 2.45) is 5.92 Å². The number of benzene rings is 1. The second-order valence-corrected chi connectivity index (χ2v) is 6.26. The normalized spacial score (nSPS) is 28.3. The topological polar surface area (TPSA) is 21.3 Å². The van der Waals surface area contributed by atoms with Crippen LogP contribution in [0.4, 0.5) is 0 Å². The molecule has 1 saturated carbocycles. The van der Waals surface area contributed by atoms with E-state index in [-0.39, 0.29) is 11.6 Å². The van der Waals surface area contributed by atoms with Crippen LogP contribution in [-0.4, -0.2) is 19.3 Å². The van der Waals surface area contributed by atoms with Gasteiger partial charge >= 0.3 is 0 Å². The monoisotopic (exact) mass is 275 g/mol. The summed E-state index contributed by atoms with van der Waals surface area (Å²) in [6.45, 7) is 7.46. The summed E-state index contributed by atoms with van der Waals surface area (Å²) in [5.74, 6) is 0.831. The number of likely N-dealkylation sites (N-methyl/N-ethyl adjacent to an activating group) is 1. The number of nitrogens with one attached hydrogen (secondary N) is 1. The molecule has 1 aromatic rings. The van der Waals surface area contributed by atoms with Crippen molar-refractivity contribution in [3.8, 4) is 0 Å². The maximum Gasteiger partial charge on any atom is 0.0876 e. The first-order valence-electron chi connectivity index (χ1n) is 7.99. The molecule has 1 aliphatic carbocycles. The van der Waals surface area contributed by atoms with E-state index in [0.29, 0.717) is 0 Å². The van der Waals surface area contributed by atoms with Crippen LogP contribution in [0.2, 0.25) is 0 Å². The number of hydrogen-bond donors (Lipinski definition) is 1. The third-order valence-electron chi connectivity index (χ3n) is 4.87. The van der Waals surface area contributed by atoms with Crippen molar-refractivity contribution in [2.75, 3.05) is 13.7 Å². The highest BCUT2D eigenvalue weighted by Gasteiger charge is 2.42. The predicted octanol–water partition coefficient (Wildman–Crippen LogP) is 4.24. The zero-order chi connectivity index (χ0) is 14.6. The average molecular weight is 275 g/mol. The molecule has 1 aliphatic rings. The predicted molar refractivity (Wildman–Crippen MR) is 85.0 cm³/mol. The molecule has 0 saturated heterocycles. The van der Waals surface area contributed by atoms with Gasteiger partial charge in [0.2, 0.25) is 0 Å². The van der Waals surface area contributed by atoms with E-state index in [1.165, 1.54) is 24.0 Å². The standard InChI is InChI=1S/C18H29NO/c1-5-20-18(12-10-14(2)11-13-18)17(19-4)16-9-7-6-8-15(16)3/h6-9,14,17,19H,5,10-13H2,1-4H3. The second-order valence-electron chi connectivity index (χ2n) is 6.26. The molecule has 112 valence electrons. The first-order chi connectivity index (χ1) is 9.63. The van der Waals surface area contributed by atoms with Gasteiger partial charge in [-0.15, -0.1) is 0 Å². The molecule has 0 amide bonds. The molecule has 1 fully saturated rings. The molecule has 0 radical (unpaired) electrons. The first-order valence-corrected chi connectivity index (χ1v) is 7.99. The lowest BCUT2D eigenvalue weighted by molar-refractivity contribution is -0.0963. The van der Waals surface area contributed by atoms with Crippen molar-refractivity contribution in [2.45, 2.75) is 58.1 Å². The average Bonchev–Trinajstić information content (AvgIpc) is 2.45. The van der Waals surface area contributed by atoms with Crippen molar-refractivity contribution in [1.82, 2.24) is 5.32 Å². The lowest BCUT2D eigenvalue weighted by atomic mass is 9.73. The highest BCUT2D eigenvalue weighted by molar-refractivity contribution is 5.31. The minimum absolute atomic E-state index is 0.0396. The molecule has 1 unspecified atom stereocenters. The minimum atomic E-state index is -0.0396. The van der Waals surface area contributed by atoms with Gasteiger partial charge in [-0.1, -0.05) is 31.2 Å². The van der Waals surface area contributed by atoms with Gasteiger partial charge in [-0.25, -0.2) is 0 Å². The van der Waals surface area contributed by atoms with E-state index < -0.39 is 0 Å². The molecule has 20 heavy (non-hydrogen) atoms. The van der Waals surface area contributed by atoms with Crippen molar-refractivity contribution in [1.29, 1.82) is 0 Å². The largest absolute Gasteiger partial charge is 0.373 e. The van der Waals surface area contributed by atoms with Gasteiger partial charge in [0.05, 0.1) is 11.6 Å². The highest BCUT2D eigenvalue weighted by Crippen LogP contribution is 2.43. The van der Waals surface area contributed by atoms with Gasteiger partial charge in [-0.2, -0.15) is 0 Å². The van der Waals surface area contributed by atoms with E-state index in [2.05, 4.69) is 57.4 Å². The molecule has 1 N–H and O–H groups in total. The molecular weight excluding hydrogens is 246 g/mol. The fourth-order valence-electron chi connectivity index (χ4n) is 3.67. The van der Waals surface area contributed by atoms with E-state index in [4.69, 9.17) is 4.74 Å². The van der Waals surface area contributed by atoms with E-state index in [0.717, 1.165) is 25.4 Å². The Bertz CT molecular complexity index is 421. The molecule has 2 heteroatoms. The molecule has 0 aliphatic heterocycles. The molecule has 0 spiro atoms. The van der Waals surface area contributed by atoms with Crippen molar-refractivity contribution in [3.63, 3.8) is 0 Å². The summed E-state index contributed by atoms with van der Waals surface area (Å²) in [7, 11) is 2.07. The zero-order valence-corrected chi connectivity index (χ0v) is 13.4. The first kappa shape index (κ1) is 15.5. The molecular formula is C18H29NO. The fourth-order valence-corrected chi connectivity index (χ4v) is 3.67. The Morgan fingerprint density at radius 2 is 1.95 bits per heavy atom.